The predicted octanol–water partition coefficient (Wildman–Crippen LogP) is 5.47. The van der Waals surface area contributed by atoms with Crippen molar-refractivity contribution in [3.05, 3.63) is 42.5 Å². The van der Waals surface area contributed by atoms with E-state index in [1.807, 2.05) is 12.1 Å². The molecule has 3 N–H and O–H groups in total. The van der Waals surface area contributed by atoms with Gasteiger partial charge >= 0.3 is 0 Å². The first-order valence-electron chi connectivity index (χ1n) is 10.3. The fraction of sp³-hybridized carbons (Fsp3) is 0.391. The van der Waals surface area contributed by atoms with Gasteiger partial charge < -0.3 is 15.7 Å². The summed E-state index contributed by atoms with van der Waals surface area (Å²) < 4.78 is 0.855. The summed E-state index contributed by atoms with van der Waals surface area (Å²) in [6.07, 6.45) is 0. The summed E-state index contributed by atoms with van der Waals surface area (Å²) in [6, 6.07) is 14.2. The molecule has 0 saturated heterocycles. The molecule has 31 heavy (non-hydrogen) atoms. The number of hydrogen-bond donors (Lipinski definition) is 4. The molecule has 0 aliphatic carbocycles. The molecular weight excluding hydrogens is 428 g/mol. The van der Waals surface area contributed by atoms with E-state index in [4.69, 9.17) is 0 Å². The molecule has 0 radical (unpaired) electrons. The van der Waals surface area contributed by atoms with Crippen molar-refractivity contribution in [1.29, 1.82) is 0 Å². The number of hydrogen-bond acceptors (Lipinski definition) is 7. The second-order valence-corrected chi connectivity index (χ2v) is 9.30. The molecule has 1 aromatic heterocycles. The van der Waals surface area contributed by atoms with Crippen LogP contribution in [0.25, 0.3) is 10.2 Å². The van der Waals surface area contributed by atoms with Gasteiger partial charge in [0.25, 0.3) is 0 Å². The van der Waals surface area contributed by atoms with Crippen LogP contribution in [0, 0.1) is 0 Å². The Balaban J connectivity index is 0.000000224. The predicted molar refractivity (Wildman–Crippen MR) is 135 cm³/mol. The molecular formula is C23H32N4O2S2. The first-order chi connectivity index (χ1) is 14.7. The Morgan fingerprint density at radius 3 is 2.35 bits per heavy atom. The number of aromatic hydroxyl groups is 1. The molecule has 0 bridgehead atoms. The summed E-state index contributed by atoms with van der Waals surface area (Å²) >= 11 is 5.61. The number of carbonyl (C=O) groups excluding carboxylic acids is 1. The van der Waals surface area contributed by atoms with Gasteiger partial charge in [0.05, 0.1) is 10.2 Å². The number of benzene rings is 2. The Kier molecular flexibility index (Phi) is 9.61. The maximum atomic E-state index is 10.8. The third kappa shape index (κ3) is 8.40. The Labute approximate surface area is 194 Å². The number of phenols is 1. The number of anilines is 2. The van der Waals surface area contributed by atoms with Crippen LogP contribution in [0.1, 0.15) is 34.6 Å². The summed E-state index contributed by atoms with van der Waals surface area (Å²) in [7, 11) is 0. The van der Waals surface area contributed by atoms with Gasteiger partial charge in [0.1, 0.15) is 5.75 Å². The zero-order valence-corrected chi connectivity index (χ0v) is 20.4. The highest BCUT2D eigenvalue weighted by Gasteiger charge is 2.12. The molecule has 0 atom stereocenters. The smallest absolute Gasteiger partial charge is 0.223 e. The van der Waals surface area contributed by atoms with Crippen molar-refractivity contribution in [3.8, 4) is 5.75 Å². The lowest BCUT2D eigenvalue weighted by Gasteiger charge is -2.30. The van der Waals surface area contributed by atoms with E-state index >= 15 is 0 Å². The van der Waals surface area contributed by atoms with Gasteiger partial charge in [-0.25, -0.2) is 4.98 Å². The summed E-state index contributed by atoms with van der Waals surface area (Å²) in [6.45, 7) is 12.5. The largest absolute Gasteiger partial charge is 0.508 e. The van der Waals surface area contributed by atoms with E-state index in [1.54, 1.807) is 18.2 Å². The van der Waals surface area contributed by atoms with Crippen molar-refractivity contribution >= 4 is 50.9 Å². The minimum atomic E-state index is -0.145. The molecule has 6 nitrogen and oxygen atoms in total. The number of nitrogens with one attached hydrogen (secondary N) is 2. The van der Waals surface area contributed by atoms with E-state index < -0.39 is 0 Å². The average molecular weight is 461 g/mol. The van der Waals surface area contributed by atoms with Gasteiger partial charge in [-0.2, -0.15) is 0 Å². The number of amides is 1. The molecule has 8 heteroatoms. The van der Waals surface area contributed by atoms with Gasteiger partial charge in [-0.15, -0.1) is 12.6 Å². The Morgan fingerprint density at radius 1 is 1.13 bits per heavy atom. The van der Waals surface area contributed by atoms with Gasteiger partial charge in [0, 0.05) is 42.7 Å². The molecule has 3 rings (SSSR count). The van der Waals surface area contributed by atoms with E-state index in [2.05, 4.69) is 73.0 Å². The zero-order chi connectivity index (χ0) is 23.0. The SMILES string of the molecule is CC(=O)Nc1nc2ccc(O)cc2s1.CC(C)N(CCNc1ccc(S)cc1)C(C)C. The molecule has 0 aliphatic heterocycles. The lowest BCUT2D eigenvalue weighted by Crippen LogP contribution is -2.40. The molecule has 0 unspecified atom stereocenters. The van der Waals surface area contributed by atoms with E-state index in [0.29, 0.717) is 17.2 Å². The normalized spacial score (nSPS) is 11.0. The number of thiazole rings is 1. The number of fused-ring (bicyclic) bond motifs is 1. The highest BCUT2D eigenvalue weighted by atomic mass is 32.1. The summed E-state index contributed by atoms with van der Waals surface area (Å²) in [5, 5.41) is 15.8. The Bertz CT molecular complexity index is 963. The van der Waals surface area contributed by atoms with Crippen LogP contribution in [0.2, 0.25) is 0 Å². The minimum Gasteiger partial charge on any atom is -0.508 e. The van der Waals surface area contributed by atoms with Crippen LogP contribution >= 0.6 is 24.0 Å². The van der Waals surface area contributed by atoms with E-state index in [9.17, 15) is 9.90 Å². The van der Waals surface area contributed by atoms with Crippen LogP contribution in [0.5, 0.6) is 5.75 Å². The number of carbonyl (C=O) groups is 1. The summed E-state index contributed by atoms with van der Waals surface area (Å²) in [5.41, 5.74) is 1.94. The van der Waals surface area contributed by atoms with Crippen LogP contribution in [-0.4, -0.2) is 46.1 Å². The highest BCUT2D eigenvalue weighted by Crippen LogP contribution is 2.28. The van der Waals surface area contributed by atoms with E-state index in [-0.39, 0.29) is 11.7 Å². The van der Waals surface area contributed by atoms with Crippen molar-refractivity contribution in [2.45, 2.75) is 51.6 Å². The molecule has 3 aromatic rings. The molecule has 168 valence electrons. The summed E-state index contributed by atoms with van der Waals surface area (Å²) in [5.74, 6) is 0.0591. The molecule has 0 aliphatic rings. The number of phenolic OH excluding ortho intramolecular Hbond substituents is 1. The highest BCUT2D eigenvalue weighted by molar-refractivity contribution is 7.80. The fourth-order valence-electron chi connectivity index (χ4n) is 3.14. The van der Waals surface area contributed by atoms with Crippen molar-refractivity contribution in [1.82, 2.24) is 9.88 Å². The number of aromatic nitrogens is 1. The minimum absolute atomic E-state index is 0.145. The summed E-state index contributed by atoms with van der Waals surface area (Å²) in [4.78, 5) is 18.4. The van der Waals surface area contributed by atoms with E-state index in [0.717, 1.165) is 33.9 Å². The van der Waals surface area contributed by atoms with Crippen molar-refractivity contribution < 1.29 is 9.90 Å². The monoisotopic (exact) mass is 460 g/mol. The molecule has 0 saturated carbocycles. The second-order valence-electron chi connectivity index (χ2n) is 7.75. The average Bonchev–Trinajstić information content (AvgIpc) is 3.07. The van der Waals surface area contributed by atoms with Crippen LogP contribution < -0.4 is 10.6 Å². The van der Waals surface area contributed by atoms with Gasteiger partial charge in [0.2, 0.25) is 5.91 Å². The van der Waals surface area contributed by atoms with E-state index in [1.165, 1.54) is 18.3 Å². The maximum Gasteiger partial charge on any atom is 0.223 e. The molecule has 0 fully saturated rings. The number of rotatable bonds is 7. The number of thiol groups is 1. The molecule has 0 spiro atoms. The van der Waals surface area contributed by atoms with Gasteiger partial charge in [-0.05, 0) is 70.2 Å². The molecule has 1 amide bonds. The van der Waals surface area contributed by atoms with Crippen LogP contribution in [-0.2, 0) is 4.79 Å². The van der Waals surface area contributed by atoms with Crippen molar-refractivity contribution in [3.63, 3.8) is 0 Å². The topological polar surface area (TPSA) is 77.5 Å². The van der Waals surface area contributed by atoms with Gasteiger partial charge in [-0.1, -0.05) is 11.3 Å². The van der Waals surface area contributed by atoms with Gasteiger partial charge in [-0.3, -0.25) is 9.69 Å². The van der Waals surface area contributed by atoms with Crippen LogP contribution in [0.4, 0.5) is 10.8 Å². The Morgan fingerprint density at radius 2 is 1.77 bits per heavy atom. The lowest BCUT2D eigenvalue weighted by atomic mass is 10.2. The zero-order valence-electron chi connectivity index (χ0n) is 18.7. The van der Waals surface area contributed by atoms with Crippen molar-refractivity contribution in [2.75, 3.05) is 23.7 Å². The van der Waals surface area contributed by atoms with Crippen molar-refractivity contribution in [2.24, 2.45) is 0 Å². The van der Waals surface area contributed by atoms with Crippen LogP contribution in [0.3, 0.4) is 0 Å². The quantitative estimate of drug-likeness (QED) is 0.352. The second kappa shape index (κ2) is 11.9. The fourth-order valence-corrected chi connectivity index (χ4v) is 4.23. The van der Waals surface area contributed by atoms with Gasteiger partial charge in [0.15, 0.2) is 5.13 Å². The molecule has 1 heterocycles. The number of nitrogens with zero attached hydrogens (tertiary/aromatic N) is 2. The molecule has 2 aromatic carbocycles. The third-order valence-corrected chi connectivity index (χ3v) is 5.78. The first kappa shape index (κ1) is 25.0. The standard InChI is InChI=1S/C14H24N2S.C9H8N2O2S/c1-11(2)16(12(3)4)10-9-15-13-5-7-14(17)8-6-13;1-5(12)10-9-11-7-3-2-6(13)4-8(7)14-9/h5-8,11-12,15,17H,9-10H2,1-4H3;2-4,13H,1H3,(H,10,11,12). The first-order valence-corrected chi connectivity index (χ1v) is 11.6. The third-order valence-electron chi connectivity index (χ3n) is 4.55. The lowest BCUT2D eigenvalue weighted by molar-refractivity contribution is -0.114. The maximum absolute atomic E-state index is 10.8. The Hall–Kier alpha value is -2.29. The van der Waals surface area contributed by atoms with Crippen LogP contribution in [0.15, 0.2) is 47.4 Å².